The summed E-state index contributed by atoms with van der Waals surface area (Å²) < 4.78 is 53.8. The fraction of sp³-hybridized carbons (Fsp3) is 0.474. The minimum atomic E-state index is -1.55. The summed E-state index contributed by atoms with van der Waals surface area (Å²) in [6, 6.07) is 26.9. The number of benzene rings is 4. The average molecular weight is 961 g/mol. The van der Waals surface area contributed by atoms with Gasteiger partial charge >= 0.3 is 6.09 Å². The van der Waals surface area contributed by atoms with Crippen LogP contribution >= 0.6 is 0 Å². The maximum absolute atomic E-state index is 15.0. The molecule has 2 aliphatic heterocycles. The van der Waals surface area contributed by atoms with Crippen LogP contribution in [-0.4, -0.2) is 84.7 Å². The Hall–Kier alpha value is -5.57. The van der Waals surface area contributed by atoms with E-state index in [1.165, 1.54) is 17.7 Å². The molecule has 2 heterocycles. The number of aryl methyl sites for hydroxylation is 2. The molecule has 4 aromatic rings. The van der Waals surface area contributed by atoms with Gasteiger partial charge in [0, 0.05) is 44.1 Å². The quantitative estimate of drug-likeness (QED) is 0.0420. The first-order valence-electron chi connectivity index (χ1n) is 25.1. The lowest BCUT2D eigenvalue weighted by atomic mass is 9.55. The zero-order valence-corrected chi connectivity index (χ0v) is 40.6. The SMILES string of the molecule is C=CCOC12Oc3ccc(Oc4ccc(C)c(C)c4)cc3C3C(CCCCO)C(CCCCO)C=C(C(=NOC4CCCCO4)CC1N(Cc1ccc(F)cc1)C(=O)OCCOCc1ccccc1)C32. The molecule has 70 heavy (non-hydrogen) atoms. The Morgan fingerprint density at radius 3 is 2.41 bits per heavy atom. The molecular formula is C57H69FN2O10. The first kappa shape index (κ1) is 50.8. The van der Waals surface area contributed by atoms with Crippen LogP contribution in [0.1, 0.15) is 97.9 Å². The van der Waals surface area contributed by atoms with Crippen molar-refractivity contribution in [2.24, 2.45) is 22.9 Å². The molecule has 8 rings (SSSR count). The number of carbonyl (C=O) groups is 1. The van der Waals surface area contributed by atoms with Crippen LogP contribution < -0.4 is 9.47 Å². The monoisotopic (exact) mass is 960 g/mol. The molecule has 1 saturated carbocycles. The van der Waals surface area contributed by atoms with E-state index in [-0.39, 0.29) is 63.8 Å². The van der Waals surface area contributed by atoms with Gasteiger partial charge in [0.1, 0.15) is 35.7 Å². The molecule has 7 unspecified atom stereocenters. The summed E-state index contributed by atoms with van der Waals surface area (Å²) in [5, 5.41) is 25.1. The second-order valence-corrected chi connectivity index (χ2v) is 18.9. The number of nitrogens with zero attached hydrogens (tertiary/aromatic N) is 2. The first-order chi connectivity index (χ1) is 34.2. The Bertz CT molecular complexity index is 2410. The normalized spacial score (nSPS) is 24.1. The van der Waals surface area contributed by atoms with Gasteiger partial charge in [-0.25, -0.2) is 9.18 Å². The second kappa shape index (κ2) is 24.5. The van der Waals surface area contributed by atoms with Gasteiger partial charge in [-0.3, -0.25) is 4.90 Å². The predicted octanol–water partition coefficient (Wildman–Crippen LogP) is 11.3. The van der Waals surface area contributed by atoms with Gasteiger partial charge in [0.15, 0.2) is 0 Å². The summed E-state index contributed by atoms with van der Waals surface area (Å²) in [5.74, 6) is -0.859. The van der Waals surface area contributed by atoms with Crippen LogP contribution in [0.5, 0.6) is 17.2 Å². The fourth-order valence-electron chi connectivity index (χ4n) is 10.7. The second-order valence-electron chi connectivity index (χ2n) is 18.9. The Labute approximate surface area is 412 Å². The lowest BCUT2D eigenvalue weighted by Crippen LogP contribution is -2.70. The number of hydrogen-bond acceptors (Lipinski definition) is 11. The van der Waals surface area contributed by atoms with Crippen LogP contribution in [0.4, 0.5) is 9.18 Å². The zero-order chi connectivity index (χ0) is 48.9. The summed E-state index contributed by atoms with van der Waals surface area (Å²) in [5.41, 5.74) is 6.39. The minimum absolute atomic E-state index is 0.00734. The number of oxime groups is 1. The number of unbranched alkanes of at least 4 members (excludes halogenated alkanes) is 2. The van der Waals surface area contributed by atoms with E-state index in [1.54, 1.807) is 23.1 Å². The molecule has 7 atom stereocenters. The number of halogens is 1. The van der Waals surface area contributed by atoms with E-state index in [0.717, 1.165) is 60.8 Å². The minimum Gasteiger partial charge on any atom is -0.459 e. The van der Waals surface area contributed by atoms with E-state index >= 15 is 4.79 Å². The highest BCUT2D eigenvalue weighted by Crippen LogP contribution is 2.62. The highest BCUT2D eigenvalue weighted by atomic mass is 19.1. The van der Waals surface area contributed by atoms with Crippen LogP contribution in [-0.2, 0) is 36.9 Å². The molecular weight excluding hydrogens is 892 g/mol. The first-order valence-corrected chi connectivity index (χ1v) is 25.1. The molecule has 2 aliphatic carbocycles. The van der Waals surface area contributed by atoms with Gasteiger partial charge in [-0.15, -0.1) is 6.58 Å². The third kappa shape index (κ3) is 12.1. The molecule has 1 saturated heterocycles. The molecule has 2 N–H and O–H groups in total. The molecule has 374 valence electrons. The van der Waals surface area contributed by atoms with Crippen LogP contribution in [0.15, 0.2) is 120 Å². The molecule has 12 nitrogen and oxygen atoms in total. The van der Waals surface area contributed by atoms with Crippen LogP contribution in [0.3, 0.4) is 0 Å². The molecule has 0 bridgehead atoms. The summed E-state index contributed by atoms with van der Waals surface area (Å²) in [4.78, 5) is 23.0. The number of fused-ring (bicyclic) bond motifs is 2. The van der Waals surface area contributed by atoms with Gasteiger partial charge in [0.2, 0.25) is 12.1 Å². The Kier molecular flexibility index (Phi) is 17.8. The number of rotatable bonds is 23. The summed E-state index contributed by atoms with van der Waals surface area (Å²) in [6.45, 7) is 9.49. The van der Waals surface area contributed by atoms with Crippen molar-refractivity contribution < 1.29 is 52.7 Å². The van der Waals surface area contributed by atoms with Gasteiger partial charge in [-0.1, -0.05) is 78.7 Å². The maximum atomic E-state index is 15.0. The lowest BCUT2D eigenvalue weighted by Gasteiger charge is -2.59. The van der Waals surface area contributed by atoms with Gasteiger partial charge in [-0.2, -0.15) is 0 Å². The number of carbonyl (C=O) groups excluding carboxylic acids is 1. The van der Waals surface area contributed by atoms with Crippen molar-refractivity contribution in [2.75, 3.05) is 39.6 Å². The van der Waals surface area contributed by atoms with Crippen molar-refractivity contribution in [1.82, 2.24) is 4.90 Å². The highest BCUT2D eigenvalue weighted by Gasteiger charge is 2.66. The Morgan fingerprint density at radius 2 is 1.67 bits per heavy atom. The van der Waals surface area contributed by atoms with Crippen LogP contribution in [0.25, 0.3) is 0 Å². The molecule has 13 heteroatoms. The van der Waals surface area contributed by atoms with Crippen molar-refractivity contribution in [1.29, 1.82) is 0 Å². The van der Waals surface area contributed by atoms with E-state index in [1.807, 2.05) is 60.7 Å². The molecule has 4 aliphatic rings. The van der Waals surface area contributed by atoms with Crippen molar-refractivity contribution in [3.63, 3.8) is 0 Å². The molecule has 2 fully saturated rings. The molecule has 1 amide bonds. The van der Waals surface area contributed by atoms with E-state index in [2.05, 4.69) is 32.6 Å². The number of aliphatic hydroxyl groups excluding tert-OH is 2. The fourth-order valence-corrected chi connectivity index (χ4v) is 10.7. The summed E-state index contributed by atoms with van der Waals surface area (Å²) in [6.07, 6.45) is 9.92. The molecule has 4 aromatic carbocycles. The van der Waals surface area contributed by atoms with Crippen LogP contribution in [0, 0.1) is 37.4 Å². The van der Waals surface area contributed by atoms with Gasteiger partial charge in [0.25, 0.3) is 0 Å². The third-order valence-electron chi connectivity index (χ3n) is 14.2. The topological polar surface area (TPSA) is 138 Å². The van der Waals surface area contributed by atoms with Crippen molar-refractivity contribution in [3.05, 3.63) is 149 Å². The van der Waals surface area contributed by atoms with Crippen molar-refractivity contribution in [3.8, 4) is 17.2 Å². The number of aliphatic hydroxyl groups is 2. The number of amides is 1. The van der Waals surface area contributed by atoms with Crippen molar-refractivity contribution in [2.45, 2.75) is 115 Å². The predicted molar refractivity (Wildman–Crippen MR) is 265 cm³/mol. The molecule has 0 radical (unpaired) electrons. The van der Waals surface area contributed by atoms with Gasteiger partial charge in [0.05, 0.1) is 38.1 Å². The van der Waals surface area contributed by atoms with E-state index < -0.39 is 35.9 Å². The third-order valence-corrected chi connectivity index (χ3v) is 14.2. The molecule has 0 spiro atoms. The van der Waals surface area contributed by atoms with E-state index in [4.69, 9.17) is 38.4 Å². The highest BCUT2D eigenvalue weighted by molar-refractivity contribution is 6.03. The van der Waals surface area contributed by atoms with Crippen LogP contribution in [0.2, 0.25) is 0 Å². The Balaban J connectivity index is 1.28. The molecule has 0 aromatic heterocycles. The van der Waals surface area contributed by atoms with Gasteiger partial charge in [-0.05, 0) is 134 Å². The smallest absolute Gasteiger partial charge is 0.410 e. The van der Waals surface area contributed by atoms with E-state index in [9.17, 15) is 14.6 Å². The van der Waals surface area contributed by atoms with E-state index in [0.29, 0.717) is 61.0 Å². The lowest BCUT2D eigenvalue weighted by molar-refractivity contribution is -0.256. The maximum Gasteiger partial charge on any atom is 0.410 e. The largest absolute Gasteiger partial charge is 0.459 e. The average Bonchev–Trinajstić information content (AvgIpc) is 3.37. The number of ether oxygens (including phenoxy) is 6. The zero-order valence-electron chi connectivity index (χ0n) is 40.6. The summed E-state index contributed by atoms with van der Waals surface area (Å²) >= 11 is 0. The Morgan fingerprint density at radius 1 is 0.900 bits per heavy atom. The standard InChI is InChI=1S/C57H69FN2O10/c1-4-29-67-57-52(60(37-41-20-22-44(58)23-21-41)56(63)66-32-31-64-38-42-14-6-5-7-15-42)36-50(59-70-53-18-10-13-30-65-53)48-34-43(16-8-11-27-61)47(17-9-12-28-62)54(55(48)57)49-35-46(25-26-51(49)69-57)68-45-24-19-39(2)40(3)33-45/h4-7,14-15,19-26,33-35,43,47,52-55,61-62H,1,8-13,16-18,27-32,36-38H2,2-3H3. The van der Waals surface area contributed by atoms with Gasteiger partial charge < -0.3 is 43.5 Å². The summed E-state index contributed by atoms with van der Waals surface area (Å²) in [7, 11) is 0. The van der Waals surface area contributed by atoms with Crippen molar-refractivity contribution >= 4 is 11.8 Å². The number of hydrogen-bond donors (Lipinski definition) is 2. The number of allylic oxidation sites excluding steroid dienone is 1.